The van der Waals surface area contributed by atoms with Gasteiger partial charge in [0.25, 0.3) is 5.89 Å². The molecule has 1 unspecified atom stereocenters. The van der Waals surface area contributed by atoms with Gasteiger partial charge in [0, 0.05) is 56.7 Å². The lowest BCUT2D eigenvalue weighted by molar-refractivity contribution is -0.137. The van der Waals surface area contributed by atoms with Crippen LogP contribution in [0.4, 0.5) is 33.6 Å². The molecular formula is C34H35ClF5N9O3. The number of carbonyl (C=O) groups excluding carboxylic acids is 1. The molecule has 3 fully saturated rings. The number of nitrogen functional groups attached to an aromatic ring is 1. The first-order valence-electron chi connectivity index (χ1n) is 16.7. The molecule has 3 saturated heterocycles. The predicted octanol–water partition coefficient (Wildman–Crippen LogP) is 5.79. The average Bonchev–Trinajstić information content (AvgIpc) is 3.86. The second-order valence-electron chi connectivity index (χ2n) is 13.6. The zero-order valence-corrected chi connectivity index (χ0v) is 29.2. The molecule has 12 nitrogen and oxygen atoms in total. The monoisotopic (exact) mass is 747 g/mol. The number of hydrogen-bond acceptors (Lipinski definition) is 11. The molecule has 0 aliphatic carbocycles. The number of amides is 1. The Bertz CT molecular complexity index is 2080. The van der Waals surface area contributed by atoms with Gasteiger partial charge in [0.05, 0.1) is 27.4 Å². The number of nitrogens with zero attached hydrogens (tertiary/aromatic N) is 8. The van der Waals surface area contributed by atoms with E-state index in [1.165, 1.54) is 25.1 Å². The summed E-state index contributed by atoms with van der Waals surface area (Å²) < 4.78 is 85.5. The van der Waals surface area contributed by atoms with E-state index >= 15 is 4.39 Å². The van der Waals surface area contributed by atoms with Gasteiger partial charge in [-0.2, -0.15) is 28.1 Å². The van der Waals surface area contributed by atoms with Gasteiger partial charge in [0.2, 0.25) is 5.91 Å². The SMILES string of the molecule is Cc1noc(/C=C/C(=O)N2CCC(N(C)c3nc(OC[C@@]45CCCN4C[C@H](F)C5)nc4c(F)c(-c5nc(N)cc(C)c5C(F)(F)F)c(Cl)cc34)C2)n1. The highest BCUT2D eigenvalue weighted by atomic mass is 35.5. The first kappa shape index (κ1) is 35.7. The van der Waals surface area contributed by atoms with Crippen molar-refractivity contribution in [1.29, 1.82) is 0 Å². The van der Waals surface area contributed by atoms with Gasteiger partial charge in [-0.15, -0.1) is 0 Å². The standard InChI is InChI=1S/C34H35ClF5N9O3/c1-17-11-23(41)43-30(27(17)34(38,39)40)26-22(35)12-21-29(28(26)37)44-32(51-16-33-8-4-9-49(33)14-19(36)13-33)45-31(21)47(3)20-7-10-48(15-20)25(50)6-5-24-42-18(2)46-52-24/h5-6,11-12,19-20H,4,7-10,13-16H2,1-3H3,(H2,41,43)/b6-5+/t19-,20?,33+/m1/s1. The summed E-state index contributed by atoms with van der Waals surface area (Å²) in [5, 5.41) is 3.42. The molecule has 0 spiro atoms. The lowest BCUT2D eigenvalue weighted by atomic mass is 9.95. The molecule has 1 amide bonds. The van der Waals surface area contributed by atoms with Gasteiger partial charge < -0.3 is 24.8 Å². The molecule has 7 rings (SSSR count). The van der Waals surface area contributed by atoms with Crippen LogP contribution >= 0.6 is 11.6 Å². The number of pyridine rings is 1. The number of carbonyl (C=O) groups is 1. The van der Waals surface area contributed by atoms with Crippen LogP contribution in [-0.4, -0.2) is 98.4 Å². The van der Waals surface area contributed by atoms with Crippen LogP contribution in [0.5, 0.6) is 6.01 Å². The molecule has 276 valence electrons. The van der Waals surface area contributed by atoms with E-state index in [9.17, 15) is 22.4 Å². The number of rotatable bonds is 8. The summed E-state index contributed by atoms with van der Waals surface area (Å²) in [5.74, 6) is -0.949. The normalized spacial score (nSPS) is 22.2. The van der Waals surface area contributed by atoms with Crippen LogP contribution in [0.2, 0.25) is 5.02 Å². The summed E-state index contributed by atoms with van der Waals surface area (Å²) >= 11 is 6.61. The van der Waals surface area contributed by atoms with E-state index in [2.05, 4.69) is 25.1 Å². The zero-order valence-electron chi connectivity index (χ0n) is 28.5. The van der Waals surface area contributed by atoms with Crippen molar-refractivity contribution in [1.82, 2.24) is 34.9 Å². The molecule has 18 heteroatoms. The zero-order chi connectivity index (χ0) is 37.1. The Balaban J connectivity index is 1.28. The van der Waals surface area contributed by atoms with Crippen molar-refractivity contribution in [2.75, 3.05) is 50.5 Å². The molecule has 2 N–H and O–H groups in total. The summed E-state index contributed by atoms with van der Waals surface area (Å²) in [6.45, 7) is 4.51. The number of ether oxygens (including phenoxy) is 1. The Morgan fingerprint density at radius 3 is 2.71 bits per heavy atom. The van der Waals surface area contributed by atoms with Crippen LogP contribution in [0.3, 0.4) is 0 Å². The van der Waals surface area contributed by atoms with Crippen LogP contribution in [0.25, 0.3) is 28.2 Å². The topological polar surface area (TPSA) is 140 Å². The Morgan fingerprint density at radius 1 is 1.19 bits per heavy atom. The number of likely N-dealkylation sites (N-methyl/N-ethyl adjacent to an activating group) is 1. The van der Waals surface area contributed by atoms with Crippen molar-refractivity contribution in [2.45, 2.75) is 63.5 Å². The highest BCUT2D eigenvalue weighted by Crippen LogP contribution is 2.45. The Kier molecular flexibility index (Phi) is 9.21. The van der Waals surface area contributed by atoms with E-state index in [0.717, 1.165) is 12.5 Å². The van der Waals surface area contributed by atoms with Crippen LogP contribution in [0.1, 0.15) is 48.5 Å². The van der Waals surface area contributed by atoms with Crippen molar-refractivity contribution in [2.24, 2.45) is 0 Å². The van der Waals surface area contributed by atoms with Crippen LogP contribution in [0.15, 0.2) is 22.7 Å². The maximum atomic E-state index is 16.8. The van der Waals surface area contributed by atoms with Crippen LogP contribution < -0.4 is 15.4 Å². The number of benzene rings is 1. The van der Waals surface area contributed by atoms with E-state index < -0.39 is 40.5 Å². The molecule has 3 aliphatic heterocycles. The minimum atomic E-state index is -4.91. The van der Waals surface area contributed by atoms with Gasteiger partial charge in [-0.25, -0.2) is 13.8 Å². The molecule has 0 radical (unpaired) electrons. The van der Waals surface area contributed by atoms with Gasteiger partial charge >= 0.3 is 12.2 Å². The summed E-state index contributed by atoms with van der Waals surface area (Å²) in [6, 6.07) is 1.77. The van der Waals surface area contributed by atoms with Crippen LogP contribution in [-0.2, 0) is 11.0 Å². The van der Waals surface area contributed by atoms with E-state index in [4.69, 9.17) is 26.6 Å². The minimum absolute atomic E-state index is 0.0238. The lowest BCUT2D eigenvalue weighted by Crippen LogP contribution is -2.43. The molecular weight excluding hydrogens is 713 g/mol. The fraction of sp³-hybridized carbons (Fsp3) is 0.471. The number of anilines is 2. The van der Waals surface area contributed by atoms with Crippen LogP contribution in [0, 0.1) is 19.7 Å². The molecule has 4 aromatic rings. The molecule has 3 aromatic heterocycles. The van der Waals surface area contributed by atoms with Crippen molar-refractivity contribution in [3.8, 4) is 17.3 Å². The smallest absolute Gasteiger partial charge is 0.418 e. The molecule has 52 heavy (non-hydrogen) atoms. The van der Waals surface area contributed by atoms with Gasteiger partial charge in [-0.05, 0) is 57.4 Å². The maximum absolute atomic E-state index is 16.8. The summed E-state index contributed by atoms with van der Waals surface area (Å²) in [4.78, 5) is 35.4. The largest absolute Gasteiger partial charge is 0.461 e. The molecule has 3 aliphatic rings. The molecule has 6 heterocycles. The van der Waals surface area contributed by atoms with Gasteiger partial charge in [-0.1, -0.05) is 16.8 Å². The average molecular weight is 748 g/mol. The van der Waals surface area contributed by atoms with E-state index in [1.807, 2.05) is 4.90 Å². The number of alkyl halides is 4. The Morgan fingerprint density at radius 2 is 1.98 bits per heavy atom. The molecule has 1 aromatic carbocycles. The van der Waals surface area contributed by atoms with Crippen molar-refractivity contribution >= 4 is 46.1 Å². The predicted molar refractivity (Wildman–Crippen MR) is 182 cm³/mol. The highest BCUT2D eigenvalue weighted by Gasteiger charge is 2.49. The maximum Gasteiger partial charge on any atom is 0.418 e. The third-order valence-electron chi connectivity index (χ3n) is 10.1. The lowest BCUT2D eigenvalue weighted by Gasteiger charge is -2.31. The number of halogens is 6. The fourth-order valence-electron chi connectivity index (χ4n) is 7.65. The second-order valence-corrected chi connectivity index (χ2v) is 14.0. The Hall–Kier alpha value is -4.64. The van der Waals surface area contributed by atoms with Gasteiger partial charge in [-0.3, -0.25) is 9.69 Å². The summed E-state index contributed by atoms with van der Waals surface area (Å²) in [5.41, 5.74) is 2.04. The number of nitrogens with two attached hydrogens (primary N) is 1. The third-order valence-corrected chi connectivity index (χ3v) is 10.4. The number of hydrogen-bond donors (Lipinski definition) is 1. The first-order chi connectivity index (χ1) is 24.6. The second kappa shape index (κ2) is 13.4. The summed E-state index contributed by atoms with van der Waals surface area (Å²) in [6.07, 6.45) is -0.883. The minimum Gasteiger partial charge on any atom is -0.461 e. The highest BCUT2D eigenvalue weighted by molar-refractivity contribution is 6.34. The van der Waals surface area contributed by atoms with Gasteiger partial charge in [0.1, 0.15) is 29.9 Å². The third kappa shape index (κ3) is 6.59. The Labute approximate surface area is 299 Å². The summed E-state index contributed by atoms with van der Waals surface area (Å²) in [7, 11) is 1.70. The molecule has 0 saturated carbocycles. The number of likely N-dealkylation sites (tertiary alicyclic amines) is 1. The molecule has 0 bridgehead atoms. The van der Waals surface area contributed by atoms with Crippen molar-refractivity contribution < 1.29 is 36.0 Å². The van der Waals surface area contributed by atoms with E-state index in [-0.39, 0.29) is 83.1 Å². The first-order valence-corrected chi connectivity index (χ1v) is 17.1. The number of aromatic nitrogens is 5. The van der Waals surface area contributed by atoms with E-state index in [0.29, 0.717) is 31.8 Å². The molecule has 3 atom stereocenters. The number of aryl methyl sites for hydroxylation is 2. The quantitative estimate of drug-likeness (QED) is 0.173. The number of fused-ring (bicyclic) bond motifs is 2. The van der Waals surface area contributed by atoms with E-state index in [1.54, 1.807) is 23.8 Å². The fourth-order valence-corrected chi connectivity index (χ4v) is 7.94. The van der Waals surface area contributed by atoms with Crippen molar-refractivity contribution in [3.63, 3.8) is 0 Å². The van der Waals surface area contributed by atoms with Crippen molar-refractivity contribution in [3.05, 3.63) is 51.9 Å². The van der Waals surface area contributed by atoms with Gasteiger partial charge in [0.15, 0.2) is 11.6 Å².